The minimum Gasteiger partial charge on any atom is -0.488 e. The maximum Gasteiger partial charge on any atom is 0.248 e. The molecule has 0 aliphatic carbocycles. The average molecular weight is 253 g/mol. The zero-order valence-electron chi connectivity index (χ0n) is 10.1. The lowest BCUT2D eigenvalue weighted by molar-refractivity contribution is 0.0996. The van der Waals surface area contributed by atoms with E-state index in [2.05, 4.69) is 0 Å². The summed E-state index contributed by atoms with van der Waals surface area (Å²) in [4.78, 5) is 23.6. The quantitative estimate of drug-likeness (QED) is 0.844. The number of nitrogens with two attached hydrogens (primary N) is 1. The first-order chi connectivity index (χ1) is 9.16. The first kappa shape index (κ1) is 11.5. The molecule has 19 heavy (non-hydrogen) atoms. The van der Waals surface area contributed by atoms with Crippen molar-refractivity contribution in [2.75, 3.05) is 0 Å². The standard InChI is InChI=1S/C15H11NO3/c16-15(18)9-5-6-12-13(7-9)19-8-10-3-1-2-4-11(10)14(12)17/h1-7H,8H2,(H2,16,18). The van der Waals surface area contributed by atoms with Gasteiger partial charge in [0.1, 0.15) is 12.4 Å². The van der Waals surface area contributed by atoms with E-state index in [1.54, 1.807) is 12.1 Å². The van der Waals surface area contributed by atoms with Crippen LogP contribution in [-0.2, 0) is 6.61 Å². The predicted molar refractivity (Wildman–Crippen MR) is 69.2 cm³/mol. The highest BCUT2D eigenvalue weighted by molar-refractivity contribution is 6.12. The molecule has 1 aliphatic heterocycles. The lowest BCUT2D eigenvalue weighted by atomic mass is 9.98. The molecule has 1 aliphatic rings. The van der Waals surface area contributed by atoms with Gasteiger partial charge in [0.05, 0.1) is 5.56 Å². The third-order valence-electron chi connectivity index (χ3n) is 3.16. The van der Waals surface area contributed by atoms with E-state index in [4.69, 9.17) is 10.5 Å². The van der Waals surface area contributed by atoms with E-state index in [9.17, 15) is 9.59 Å². The van der Waals surface area contributed by atoms with E-state index in [1.807, 2.05) is 18.2 Å². The Morgan fingerprint density at radius 1 is 1.11 bits per heavy atom. The summed E-state index contributed by atoms with van der Waals surface area (Å²) >= 11 is 0. The van der Waals surface area contributed by atoms with Gasteiger partial charge in [0.25, 0.3) is 0 Å². The number of fused-ring (bicyclic) bond motifs is 2. The Bertz CT molecular complexity index is 692. The van der Waals surface area contributed by atoms with Crippen LogP contribution in [0.3, 0.4) is 0 Å². The normalized spacial score (nSPS) is 12.9. The minimum atomic E-state index is -0.541. The van der Waals surface area contributed by atoms with Gasteiger partial charge in [0.15, 0.2) is 5.78 Å². The highest BCUT2D eigenvalue weighted by atomic mass is 16.5. The summed E-state index contributed by atoms with van der Waals surface area (Å²) in [6.45, 7) is 0.303. The van der Waals surface area contributed by atoms with E-state index < -0.39 is 5.91 Å². The number of ether oxygens (including phenoxy) is 1. The highest BCUT2D eigenvalue weighted by Crippen LogP contribution is 2.29. The molecule has 1 amide bonds. The molecule has 0 aromatic heterocycles. The molecule has 0 unspecified atom stereocenters. The molecule has 0 spiro atoms. The Morgan fingerprint density at radius 3 is 2.68 bits per heavy atom. The van der Waals surface area contributed by atoms with Crippen LogP contribution in [0.1, 0.15) is 31.8 Å². The van der Waals surface area contributed by atoms with Crippen LogP contribution in [0.5, 0.6) is 5.75 Å². The van der Waals surface area contributed by atoms with Crippen molar-refractivity contribution in [1.82, 2.24) is 0 Å². The topological polar surface area (TPSA) is 69.4 Å². The fourth-order valence-electron chi connectivity index (χ4n) is 2.15. The van der Waals surface area contributed by atoms with E-state index in [0.29, 0.717) is 29.0 Å². The zero-order valence-corrected chi connectivity index (χ0v) is 10.1. The Labute approximate surface area is 109 Å². The molecule has 0 saturated carbocycles. The van der Waals surface area contributed by atoms with Crippen molar-refractivity contribution in [2.45, 2.75) is 6.61 Å². The van der Waals surface area contributed by atoms with E-state index in [-0.39, 0.29) is 5.78 Å². The maximum atomic E-state index is 12.4. The summed E-state index contributed by atoms with van der Waals surface area (Å²) in [6.07, 6.45) is 0. The molecular formula is C15H11NO3. The predicted octanol–water partition coefficient (Wildman–Crippen LogP) is 1.91. The number of hydrogen-bond acceptors (Lipinski definition) is 3. The molecule has 3 rings (SSSR count). The summed E-state index contributed by atoms with van der Waals surface area (Å²) in [6, 6.07) is 11.9. The van der Waals surface area contributed by atoms with Gasteiger partial charge in [-0.25, -0.2) is 0 Å². The van der Waals surface area contributed by atoms with Crippen LogP contribution in [0, 0.1) is 0 Å². The number of hydrogen-bond donors (Lipinski definition) is 1. The fraction of sp³-hybridized carbons (Fsp3) is 0.0667. The second-order valence-corrected chi connectivity index (χ2v) is 4.35. The molecule has 2 N–H and O–H groups in total. The van der Waals surface area contributed by atoms with Gasteiger partial charge in [-0.05, 0) is 18.2 Å². The van der Waals surface area contributed by atoms with Gasteiger partial charge in [-0.15, -0.1) is 0 Å². The van der Waals surface area contributed by atoms with Gasteiger partial charge in [0, 0.05) is 16.7 Å². The zero-order chi connectivity index (χ0) is 13.4. The molecule has 0 fully saturated rings. The maximum absolute atomic E-state index is 12.4. The number of carbonyl (C=O) groups excluding carboxylic acids is 2. The van der Waals surface area contributed by atoms with Crippen LogP contribution in [-0.4, -0.2) is 11.7 Å². The monoisotopic (exact) mass is 253 g/mol. The summed E-state index contributed by atoms with van der Waals surface area (Å²) < 4.78 is 5.61. The van der Waals surface area contributed by atoms with Crippen molar-refractivity contribution < 1.29 is 14.3 Å². The van der Waals surface area contributed by atoms with Crippen LogP contribution >= 0.6 is 0 Å². The molecule has 0 saturated heterocycles. The van der Waals surface area contributed by atoms with Gasteiger partial charge < -0.3 is 10.5 Å². The van der Waals surface area contributed by atoms with Crippen molar-refractivity contribution in [3.05, 3.63) is 64.7 Å². The van der Waals surface area contributed by atoms with Crippen LogP contribution in [0.15, 0.2) is 42.5 Å². The summed E-state index contributed by atoms with van der Waals surface area (Å²) in [5.41, 5.74) is 7.48. The second-order valence-electron chi connectivity index (χ2n) is 4.35. The van der Waals surface area contributed by atoms with Crippen LogP contribution in [0.2, 0.25) is 0 Å². The Kier molecular flexibility index (Phi) is 2.56. The average Bonchev–Trinajstić information content (AvgIpc) is 2.57. The summed E-state index contributed by atoms with van der Waals surface area (Å²) in [5.74, 6) is -0.239. The molecule has 0 radical (unpaired) electrons. The lowest BCUT2D eigenvalue weighted by Gasteiger charge is -2.07. The van der Waals surface area contributed by atoms with Crippen LogP contribution < -0.4 is 10.5 Å². The number of amides is 1. The Morgan fingerprint density at radius 2 is 1.89 bits per heavy atom. The van der Waals surface area contributed by atoms with Gasteiger partial charge in [-0.3, -0.25) is 9.59 Å². The molecule has 94 valence electrons. The third-order valence-corrected chi connectivity index (χ3v) is 3.16. The second kappa shape index (κ2) is 4.24. The van der Waals surface area contributed by atoms with Gasteiger partial charge in [0.2, 0.25) is 5.91 Å². The van der Waals surface area contributed by atoms with Gasteiger partial charge >= 0.3 is 0 Å². The van der Waals surface area contributed by atoms with E-state index in [0.717, 1.165) is 5.56 Å². The molecule has 0 atom stereocenters. The van der Waals surface area contributed by atoms with Crippen LogP contribution in [0.25, 0.3) is 0 Å². The van der Waals surface area contributed by atoms with Crippen molar-refractivity contribution in [2.24, 2.45) is 5.73 Å². The first-order valence-electron chi connectivity index (χ1n) is 5.86. The van der Waals surface area contributed by atoms with Crippen molar-refractivity contribution in [1.29, 1.82) is 0 Å². The molecule has 2 aromatic carbocycles. The molecule has 0 bridgehead atoms. The number of benzene rings is 2. The summed E-state index contributed by atoms with van der Waals surface area (Å²) in [5, 5.41) is 0. The number of ketones is 1. The SMILES string of the molecule is NC(=O)c1ccc2c(c1)OCc1ccccc1C2=O. The van der Waals surface area contributed by atoms with Crippen LogP contribution in [0.4, 0.5) is 0 Å². The first-order valence-corrected chi connectivity index (χ1v) is 5.86. The largest absolute Gasteiger partial charge is 0.488 e. The van der Waals surface area contributed by atoms with E-state index >= 15 is 0 Å². The van der Waals surface area contributed by atoms with Crippen molar-refractivity contribution in [3.8, 4) is 5.75 Å². The Hall–Kier alpha value is -2.62. The molecule has 1 heterocycles. The smallest absolute Gasteiger partial charge is 0.248 e. The number of primary amides is 1. The third kappa shape index (κ3) is 1.87. The fourth-order valence-corrected chi connectivity index (χ4v) is 2.15. The van der Waals surface area contributed by atoms with Crippen molar-refractivity contribution in [3.63, 3.8) is 0 Å². The lowest BCUT2D eigenvalue weighted by Crippen LogP contribution is -2.11. The molecular weight excluding hydrogens is 242 g/mol. The minimum absolute atomic E-state index is 0.0980. The number of carbonyl (C=O) groups is 2. The Balaban J connectivity index is 2.15. The van der Waals surface area contributed by atoms with E-state index in [1.165, 1.54) is 12.1 Å². The highest BCUT2D eigenvalue weighted by Gasteiger charge is 2.22. The van der Waals surface area contributed by atoms with Gasteiger partial charge in [-0.1, -0.05) is 24.3 Å². The number of rotatable bonds is 1. The molecule has 4 nitrogen and oxygen atoms in total. The molecule has 2 aromatic rings. The molecule has 4 heteroatoms. The summed E-state index contributed by atoms with van der Waals surface area (Å²) in [7, 11) is 0. The van der Waals surface area contributed by atoms with Gasteiger partial charge in [-0.2, -0.15) is 0 Å². The van der Waals surface area contributed by atoms with Crippen molar-refractivity contribution >= 4 is 11.7 Å².